The molecule has 4 rings (SSSR count). The van der Waals surface area contributed by atoms with Gasteiger partial charge in [-0.2, -0.15) is 10.4 Å². The van der Waals surface area contributed by atoms with Crippen molar-refractivity contribution in [1.29, 1.82) is 5.26 Å². The topological polar surface area (TPSA) is 95.6 Å². The molecule has 29 heavy (non-hydrogen) atoms. The average molecular weight is 388 g/mol. The molecule has 1 atom stereocenters. The fourth-order valence-electron chi connectivity index (χ4n) is 3.78. The number of piperidine rings is 1. The SMILES string of the molecule is Cc1nc(Nc2ccc(C#N)nc2)cc([C@@H]2CCCCN2Cc2ccn(C)n2)n1. The first kappa shape index (κ1) is 19.0. The van der Waals surface area contributed by atoms with E-state index in [4.69, 9.17) is 10.2 Å². The number of pyridine rings is 1. The summed E-state index contributed by atoms with van der Waals surface area (Å²) in [4.78, 5) is 15.8. The number of nitrogens with one attached hydrogen (secondary N) is 1. The van der Waals surface area contributed by atoms with Gasteiger partial charge in [0.1, 0.15) is 23.4 Å². The van der Waals surface area contributed by atoms with Crippen LogP contribution < -0.4 is 5.32 Å². The van der Waals surface area contributed by atoms with E-state index in [0.29, 0.717) is 5.69 Å². The number of anilines is 2. The largest absolute Gasteiger partial charge is 0.339 e. The summed E-state index contributed by atoms with van der Waals surface area (Å²) in [5.74, 6) is 1.47. The van der Waals surface area contributed by atoms with Gasteiger partial charge in [-0.05, 0) is 44.5 Å². The lowest BCUT2D eigenvalue weighted by Crippen LogP contribution is -2.33. The highest BCUT2D eigenvalue weighted by atomic mass is 15.3. The molecule has 0 radical (unpaired) electrons. The van der Waals surface area contributed by atoms with Gasteiger partial charge >= 0.3 is 0 Å². The molecule has 0 saturated carbocycles. The Morgan fingerprint density at radius 1 is 1.24 bits per heavy atom. The molecule has 8 heteroatoms. The second-order valence-corrected chi connectivity index (χ2v) is 7.36. The summed E-state index contributed by atoms with van der Waals surface area (Å²) in [6.07, 6.45) is 7.08. The van der Waals surface area contributed by atoms with Crippen LogP contribution in [0.1, 0.15) is 48.2 Å². The van der Waals surface area contributed by atoms with Crippen LogP contribution in [0, 0.1) is 18.3 Å². The van der Waals surface area contributed by atoms with E-state index in [2.05, 4.69) is 31.3 Å². The molecule has 0 aliphatic carbocycles. The number of hydrogen-bond acceptors (Lipinski definition) is 7. The minimum Gasteiger partial charge on any atom is -0.339 e. The molecule has 0 spiro atoms. The molecule has 0 aromatic carbocycles. The van der Waals surface area contributed by atoms with Crippen LogP contribution in [0.5, 0.6) is 0 Å². The van der Waals surface area contributed by atoms with E-state index in [1.807, 2.05) is 43.1 Å². The minimum atomic E-state index is 0.243. The van der Waals surface area contributed by atoms with Crippen LogP contribution in [0.4, 0.5) is 11.5 Å². The predicted molar refractivity (Wildman–Crippen MR) is 109 cm³/mol. The molecule has 0 bridgehead atoms. The number of likely N-dealkylation sites (tertiary alicyclic amines) is 1. The van der Waals surface area contributed by atoms with E-state index in [0.717, 1.165) is 48.2 Å². The molecule has 4 heterocycles. The molecule has 3 aromatic rings. The van der Waals surface area contributed by atoms with Crippen molar-refractivity contribution in [1.82, 2.24) is 29.6 Å². The lowest BCUT2D eigenvalue weighted by molar-refractivity contribution is 0.135. The van der Waals surface area contributed by atoms with Crippen LogP contribution >= 0.6 is 0 Å². The van der Waals surface area contributed by atoms with Crippen LogP contribution in [0.2, 0.25) is 0 Å². The van der Waals surface area contributed by atoms with Crippen molar-refractivity contribution in [3.8, 4) is 6.07 Å². The molecule has 1 aliphatic rings. The zero-order valence-electron chi connectivity index (χ0n) is 16.7. The van der Waals surface area contributed by atoms with Crippen LogP contribution in [-0.4, -0.2) is 36.2 Å². The summed E-state index contributed by atoms with van der Waals surface area (Å²) >= 11 is 0. The highest BCUT2D eigenvalue weighted by Gasteiger charge is 2.26. The Kier molecular flexibility index (Phi) is 5.49. The van der Waals surface area contributed by atoms with E-state index in [-0.39, 0.29) is 6.04 Å². The molecule has 0 unspecified atom stereocenters. The number of aromatic nitrogens is 5. The molecule has 1 fully saturated rings. The summed E-state index contributed by atoms with van der Waals surface area (Å²) in [6.45, 7) is 3.76. The minimum absolute atomic E-state index is 0.243. The van der Waals surface area contributed by atoms with Crippen molar-refractivity contribution in [2.75, 3.05) is 11.9 Å². The zero-order chi connectivity index (χ0) is 20.2. The maximum atomic E-state index is 8.90. The van der Waals surface area contributed by atoms with E-state index < -0.39 is 0 Å². The monoisotopic (exact) mass is 388 g/mol. The highest BCUT2D eigenvalue weighted by molar-refractivity contribution is 5.55. The van der Waals surface area contributed by atoms with E-state index in [1.165, 1.54) is 12.8 Å². The predicted octanol–water partition coefficient (Wildman–Crippen LogP) is 3.26. The number of aryl methyl sites for hydroxylation is 2. The normalized spacial score (nSPS) is 17.1. The van der Waals surface area contributed by atoms with Crippen LogP contribution in [0.25, 0.3) is 0 Å². The van der Waals surface area contributed by atoms with Crippen LogP contribution in [-0.2, 0) is 13.6 Å². The summed E-state index contributed by atoms with van der Waals surface area (Å²) < 4.78 is 1.84. The average Bonchev–Trinajstić information content (AvgIpc) is 3.13. The Hall–Kier alpha value is -3.31. The fourth-order valence-corrected chi connectivity index (χ4v) is 3.78. The Morgan fingerprint density at radius 3 is 2.86 bits per heavy atom. The molecule has 148 valence electrons. The number of hydrogen-bond donors (Lipinski definition) is 1. The number of rotatable bonds is 5. The van der Waals surface area contributed by atoms with Crippen molar-refractivity contribution in [3.05, 3.63) is 59.6 Å². The van der Waals surface area contributed by atoms with Crippen molar-refractivity contribution in [3.63, 3.8) is 0 Å². The summed E-state index contributed by atoms with van der Waals surface area (Å²) in [6, 6.07) is 9.88. The quantitative estimate of drug-likeness (QED) is 0.717. The lowest BCUT2D eigenvalue weighted by Gasteiger charge is -2.35. The van der Waals surface area contributed by atoms with E-state index in [1.54, 1.807) is 12.3 Å². The van der Waals surface area contributed by atoms with Crippen LogP contribution in [0.3, 0.4) is 0 Å². The van der Waals surface area contributed by atoms with Gasteiger partial charge in [0.25, 0.3) is 0 Å². The van der Waals surface area contributed by atoms with Crippen molar-refractivity contribution in [2.45, 2.75) is 38.8 Å². The van der Waals surface area contributed by atoms with E-state index >= 15 is 0 Å². The molecule has 1 saturated heterocycles. The third-order valence-electron chi connectivity index (χ3n) is 5.10. The molecule has 0 amide bonds. The molecule has 1 N–H and O–H groups in total. The summed E-state index contributed by atoms with van der Waals surface area (Å²) in [5, 5.41) is 16.7. The number of nitrogens with zero attached hydrogens (tertiary/aromatic N) is 7. The van der Waals surface area contributed by atoms with Gasteiger partial charge in [-0.1, -0.05) is 6.42 Å². The van der Waals surface area contributed by atoms with Crippen molar-refractivity contribution >= 4 is 11.5 Å². The van der Waals surface area contributed by atoms with Crippen LogP contribution in [0.15, 0.2) is 36.7 Å². The first-order valence-corrected chi connectivity index (χ1v) is 9.82. The summed E-state index contributed by atoms with van der Waals surface area (Å²) in [5.41, 5.74) is 3.29. The molecular weight excluding hydrogens is 364 g/mol. The molecule has 3 aromatic heterocycles. The molecule has 1 aliphatic heterocycles. The Bertz CT molecular complexity index is 1020. The first-order valence-electron chi connectivity index (χ1n) is 9.82. The third-order valence-corrected chi connectivity index (χ3v) is 5.10. The van der Waals surface area contributed by atoms with Gasteiger partial charge in [0, 0.05) is 25.9 Å². The van der Waals surface area contributed by atoms with Gasteiger partial charge in [-0.15, -0.1) is 0 Å². The van der Waals surface area contributed by atoms with Gasteiger partial charge in [-0.25, -0.2) is 15.0 Å². The van der Waals surface area contributed by atoms with Gasteiger partial charge in [0.2, 0.25) is 0 Å². The Morgan fingerprint density at radius 2 is 2.14 bits per heavy atom. The first-order chi connectivity index (χ1) is 14.1. The molecular formula is C21H24N8. The second kappa shape index (κ2) is 8.37. The van der Waals surface area contributed by atoms with Crippen molar-refractivity contribution in [2.24, 2.45) is 7.05 Å². The zero-order valence-corrected chi connectivity index (χ0v) is 16.7. The Balaban J connectivity index is 1.56. The lowest BCUT2D eigenvalue weighted by atomic mass is 9.98. The van der Waals surface area contributed by atoms with Gasteiger partial charge < -0.3 is 5.32 Å². The maximum absolute atomic E-state index is 8.90. The Labute approximate surface area is 170 Å². The standard InChI is InChI=1S/C21H24N8/c1-15-24-19(11-21(25-15)26-17-7-6-16(12-22)23-13-17)20-5-3-4-9-29(20)14-18-8-10-28(2)27-18/h6-8,10-11,13,20H,3-5,9,14H2,1-2H3,(H,24,25,26)/t20-/m0/s1. The number of nitriles is 1. The smallest absolute Gasteiger partial charge is 0.140 e. The van der Waals surface area contributed by atoms with E-state index in [9.17, 15) is 0 Å². The third kappa shape index (κ3) is 4.58. The van der Waals surface area contributed by atoms with Crippen molar-refractivity contribution < 1.29 is 0 Å². The summed E-state index contributed by atoms with van der Waals surface area (Å²) in [7, 11) is 1.95. The maximum Gasteiger partial charge on any atom is 0.140 e. The fraction of sp³-hybridized carbons (Fsp3) is 0.381. The van der Waals surface area contributed by atoms with Gasteiger partial charge in [0.15, 0.2) is 0 Å². The second-order valence-electron chi connectivity index (χ2n) is 7.36. The van der Waals surface area contributed by atoms with Gasteiger partial charge in [-0.3, -0.25) is 9.58 Å². The highest BCUT2D eigenvalue weighted by Crippen LogP contribution is 2.32. The molecule has 8 nitrogen and oxygen atoms in total. The van der Waals surface area contributed by atoms with Gasteiger partial charge in [0.05, 0.1) is 29.3 Å².